The van der Waals surface area contributed by atoms with Gasteiger partial charge in [0.15, 0.2) is 0 Å². The molecule has 0 aromatic carbocycles. The number of rotatable bonds is 8. The number of carbonyl (C=O) groups is 1. The first-order valence-electron chi connectivity index (χ1n) is 7.65. The van der Waals surface area contributed by atoms with E-state index in [1.807, 2.05) is 6.92 Å². The Morgan fingerprint density at radius 1 is 1.37 bits per heavy atom. The molecule has 0 aliphatic heterocycles. The fourth-order valence-corrected chi connectivity index (χ4v) is 2.70. The van der Waals surface area contributed by atoms with E-state index in [0.717, 1.165) is 24.8 Å². The second kappa shape index (κ2) is 9.32. The molecule has 0 radical (unpaired) electrons. The number of hydrogen-bond donors (Lipinski definition) is 2. The number of hydrogen-bond acceptors (Lipinski definition) is 3. The smallest absolute Gasteiger partial charge is 0.236 e. The van der Waals surface area contributed by atoms with Gasteiger partial charge < -0.3 is 15.4 Å². The van der Waals surface area contributed by atoms with Gasteiger partial charge in [-0.2, -0.15) is 0 Å². The maximum absolute atomic E-state index is 11.8. The van der Waals surface area contributed by atoms with Crippen molar-refractivity contribution in [3.05, 3.63) is 0 Å². The van der Waals surface area contributed by atoms with Crippen LogP contribution in [-0.4, -0.2) is 38.8 Å². The molecule has 4 heteroatoms. The molecule has 1 fully saturated rings. The summed E-state index contributed by atoms with van der Waals surface area (Å²) in [6.45, 7) is 6.63. The fraction of sp³-hybridized carbons (Fsp3) is 0.933. The highest BCUT2D eigenvalue weighted by atomic mass is 16.5. The lowest BCUT2D eigenvalue weighted by atomic mass is 9.80. The molecule has 0 aromatic heterocycles. The largest absolute Gasteiger partial charge is 0.385 e. The van der Waals surface area contributed by atoms with E-state index in [9.17, 15) is 4.79 Å². The lowest BCUT2D eigenvalue weighted by Gasteiger charge is -2.29. The van der Waals surface area contributed by atoms with E-state index in [1.54, 1.807) is 7.11 Å². The van der Waals surface area contributed by atoms with Crippen molar-refractivity contribution in [2.24, 2.45) is 11.8 Å². The Labute approximate surface area is 117 Å². The zero-order valence-corrected chi connectivity index (χ0v) is 12.7. The summed E-state index contributed by atoms with van der Waals surface area (Å²) in [5, 5.41) is 6.31. The van der Waals surface area contributed by atoms with Crippen molar-refractivity contribution < 1.29 is 9.53 Å². The molecule has 3 unspecified atom stereocenters. The first-order chi connectivity index (χ1) is 9.15. The highest BCUT2D eigenvalue weighted by molar-refractivity contribution is 5.81. The van der Waals surface area contributed by atoms with Crippen molar-refractivity contribution in [2.45, 2.75) is 52.0 Å². The third kappa shape index (κ3) is 6.39. The van der Waals surface area contributed by atoms with Crippen molar-refractivity contribution in [3.63, 3.8) is 0 Å². The van der Waals surface area contributed by atoms with Gasteiger partial charge in [-0.15, -0.1) is 0 Å². The van der Waals surface area contributed by atoms with Gasteiger partial charge in [-0.25, -0.2) is 0 Å². The van der Waals surface area contributed by atoms with Gasteiger partial charge in [0.1, 0.15) is 0 Å². The fourth-order valence-electron chi connectivity index (χ4n) is 2.70. The second-order valence-corrected chi connectivity index (χ2v) is 5.79. The van der Waals surface area contributed by atoms with Crippen molar-refractivity contribution in [2.75, 3.05) is 26.8 Å². The number of nitrogens with one attached hydrogen (secondary N) is 2. The first-order valence-corrected chi connectivity index (χ1v) is 7.65. The molecule has 0 spiro atoms. The van der Waals surface area contributed by atoms with Gasteiger partial charge in [-0.1, -0.05) is 26.2 Å². The number of ether oxygens (including phenoxy) is 1. The van der Waals surface area contributed by atoms with E-state index in [4.69, 9.17) is 4.74 Å². The standard InChI is InChI=1S/C15H30N2O2/c1-12-7-4-5-8-14(12)11-17-13(2)15(18)16-9-6-10-19-3/h12-14,17H,4-11H2,1-3H3,(H,16,18). The van der Waals surface area contributed by atoms with Gasteiger partial charge in [0, 0.05) is 20.3 Å². The SMILES string of the molecule is COCCCNC(=O)C(C)NCC1CCCCC1C. The minimum Gasteiger partial charge on any atom is -0.385 e. The van der Waals surface area contributed by atoms with Crippen LogP contribution in [-0.2, 0) is 9.53 Å². The predicted octanol–water partition coefficient (Wildman–Crippen LogP) is 1.94. The Bertz CT molecular complexity index is 259. The summed E-state index contributed by atoms with van der Waals surface area (Å²) >= 11 is 0. The quantitative estimate of drug-likeness (QED) is 0.663. The second-order valence-electron chi connectivity index (χ2n) is 5.79. The zero-order valence-electron chi connectivity index (χ0n) is 12.7. The summed E-state index contributed by atoms with van der Waals surface area (Å²) in [4.78, 5) is 11.8. The van der Waals surface area contributed by atoms with Crippen LogP contribution < -0.4 is 10.6 Å². The number of methoxy groups -OCH3 is 1. The molecule has 3 atom stereocenters. The van der Waals surface area contributed by atoms with E-state index in [0.29, 0.717) is 13.2 Å². The van der Waals surface area contributed by atoms with Crippen LogP contribution in [0.1, 0.15) is 46.0 Å². The lowest BCUT2D eigenvalue weighted by Crippen LogP contribution is -2.45. The van der Waals surface area contributed by atoms with E-state index in [-0.39, 0.29) is 11.9 Å². The van der Waals surface area contributed by atoms with Gasteiger partial charge >= 0.3 is 0 Å². The molecular weight excluding hydrogens is 240 g/mol. The van der Waals surface area contributed by atoms with Gasteiger partial charge in [-0.05, 0) is 38.1 Å². The molecule has 0 aromatic rings. The van der Waals surface area contributed by atoms with Crippen molar-refractivity contribution in [3.8, 4) is 0 Å². The molecule has 0 bridgehead atoms. The number of amides is 1. The molecule has 0 heterocycles. The zero-order chi connectivity index (χ0) is 14.1. The van der Waals surface area contributed by atoms with E-state index in [2.05, 4.69) is 17.6 Å². The van der Waals surface area contributed by atoms with Gasteiger partial charge in [0.05, 0.1) is 6.04 Å². The van der Waals surface area contributed by atoms with Gasteiger partial charge in [0.2, 0.25) is 5.91 Å². The van der Waals surface area contributed by atoms with E-state index < -0.39 is 0 Å². The topological polar surface area (TPSA) is 50.4 Å². The van der Waals surface area contributed by atoms with Gasteiger partial charge in [0.25, 0.3) is 0 Å². The van der Waals surface area contributed by atoms with Gasteiger partial charge in [-0.3, -0.25) is 4.79 Å². The van der Waals surface area contributed by atoms with Crippen molar-refractivity contribution >= 4 is 5.91 Å². The van der Waals surface area contributed by atoms with Crippen LogP contribution in [0, 0.1) is 11.8 Å². The van der Waals surface area contributed by atoms with Crippen LogP contribution in [0.3, 0.4) is 0 Å². The van der Waals surface area contributed by atoms with Crippen LogP contribution in [0.4, 0.5) is 0 Å². The molecule has 1 amide bonds. The maximum Gasteiger partial charge on any atom is 0.236 e. The molecular formula is C15H30N2O2. The van der Waals surface area contributed by atoms with Crippen molar-refractivity contribution in [1.82, 2.24) is 10.6 Å². The average molecular weight is 270 g/mol. The van der Waals surface area contributed by atoms with Crippen LogP contribution >= 0.6 is 0 Å². The molecule has 112 valence electrons. The monoisotopic (exact) mass is 270 g/mol. The summed E-state index contributed by atoms with van der Waals surface area (Å²) < 4.78 is 4.96. The number of carbonyl (C=O) groups excluding carboxylic acids is 1. The third-order valence-electron chi connectivity index (χ3n) is 4.19. The molecule has 4 nitrogen and oxygen atoms in total. The lowest BCUT2D eigenvalue weighted by molar-refractivity contribution is -0.122. The minimum absolute atomic E-state index is 0.0968. The van der Waals surface area contributed by atoms with Crippen LogP contribution in [0.2, 0.25) is 0 Å². The molecule has 1 aliphatic carbocycles. The third-order valence-corrected chi connectivity index (χ3v) is 4.19. The van der Waals surface area contributed by atoms with Crippen molar-refractivity contribution in [1.29, 1.82) is 0 Å². The Hall–Kier alpha value is -0.610. The Morgan fingerprint density at radius 3 is 2.79 bits per heavy atom. The maximum atomic E-state index is 11.8. The first kappa shape index (κ1) is 16.4. The molecule has 19 heavy (non-hydrogen) atoms. The molecule has 1 saturated carbocycles. The molecule has 0 saturated heterocycles. The minimum atomic E-state index is -0.100. The molecule has 1 rings (SSSR count). The summed E-state index contributed by atoms with van der Waals surface area (Å²) in [6, 6.07) is -0.100. The Balaban J connectivity index is 2.15. The Kier molecular flexibility index (Phi) is 8.07. The highest BCUT2D eigenvalue weighted by Gasteiger charge is 2.22. The average Bonchev–Trinajstić information content (AvgIpc) is 2.42. The normalized spacial score (nSPS) is 25.0. The highest BCUT2D eigenvalue weighted by Crippen LogP contribution is 2.28. The summed E-state index contributed by atoms with van der Waals surface area (Å²) in [7, 11) is 1.68. The molecule has 2 N–H and O–H groups in total. The summed E-state index contributed by atoms with van der Waals surface area (Å²) in [5.74, 6) is 1.62. The predicted molar refractivity (Wildman–Crippen MR) is 78.1 cm³/mol. The molecule has 1 aliphatic rings. The Morgan fingerprint density at radius 2 is 2.11 bits per heavy atom. The van der Waals surface area contributed by atoms with Crippen LogP contribution in [0.5, 0.6) is 0 Å². The van der Waals surface area contributed by atoms with E-state index >= 15 is 0 Å². The summed E-state index contributed by atoms with van der Waals surface area (Å²) in [5.41, 5.74) is 0. The van der Waals surface area contributed by atoms with E-state index in [1.165, 1.54) is 25.7 Å². The summed E-state index contributed by atoms with van der Waals surface area (Å²) in [6.07, 6.45) is 6.22. The van der Waals surface area contributed by atoms with Crippen LogP contribution in [0.25, 0.3) is 0 Å². The van der Waals surface area contributed by atoms with Crippen LogP contribution in [0.15, 0.2) is 0 Å².